The molecule has 0 amide bonds. The maximum atomic E-state index is 12.2. The SMILES string of the molecule is C\C=C(/C=C\C=C\F)Cn1c2c(c3cc(C(C)=O)ccc31)CCCC2. The number of carbonyl (C=O) groups is 1. The van der Waals surface area contributed by atoms with Crippen LogP contribution in [0.25, 0.3) is 10.9 Å². The van der Waals surface area contributed by atoms with Gasteiger partial charge >= 0.3 is 0 Å². The molecule has 0 bridgehead atoms. The van der Waals surface area contributed by atoms with E-state index in [1.165, 1.54) is 41.1 Å². The Kier molecular flexibility index (Phi) is 5.32. The van der Waals surface area contributed by atoms with Crippen molar-refractivity contribution in [2.45, 2.75) is 46.1 Å². The number of rotatable bonds is 5. The fourth-order valence-electron chi connectivity index (χ4n) is 3.68. The maximum absolute atomic E-state index is 12.2. The van der Waals surface area contributed by atoms with Crippen LogP contribution in [0.3, 0.4) is 0 Å². The number of aryl methyl sites for hydroxylation is 1. The van der Waals surface area contributed by atoms with Crippen molar-refractivity contribution < 1.29 is 9.18 Å². The van der Waals surface area contributed by atoms with E-state index in [1.807, 2.05) is 19.1 Å². The number of hydrogen-bond acceptors (Lipinski definition) is 1. The summed E-state index contributed by atoms with van der Waals surface area (Å²) in [5.74, 6) is 0.106. The van der Waals surface area contributed by atoms with Crippen LogP contribution in [0.15, 0.2) is 54.4 Å². The molecule has 0 fully saturated rings. The summed E-state index contributed by atoms with van der Waals surface area (Å²) in [6, 6.07) is 6.04. The third-order valence-corrected chi connectivity index (χ3v) is 4.99. The maximum Gasteiger partial charge on any atom is 0.159 e. The van der Waals surface area contributed by atoms with Crippen LogP contribution < -0.4 is 0 Å². The molecule has 0 N–H and O–H groups in total. The predicted octanol–water partition coefficient (Wildman–Crippen LogP) is 5.71. The monoisotopic (exact) mass is 337 g/mol. The second kappa shape index (κ2) is 7.64. The van der Waals surface area contributed by atoms with Crippen molar-refractivity contribution in [3.8, 4) is 0 Å². The molecule has 0 unspecified atom stereocenters. The number of halogens is 1. The summed E-state index contributed by atoms with van der Waals surface area (Å²) in [7, 11) is 0. The van der Waals surface area contributed by atoms with Gasteiger partial charge in [-0.15, -0.1) is 0 Å². The van der Waals surface area contributed by atoms with E-state index in [4.69, 9.17) is 0 Å². The molecule has 3 heteroatoms. The molecule has 0 aliphatic heterocycles. The number of aromatic nitrogens is 1. The third-order valence-electron chi connectivity index (χ3n) is 4.99. The predicted molar refractivity (Wildman–Crippen MR) is 102 cm³/mol. The van der Waals surface area contributed by atoms with E-state index >= 15 is 0 Å². The minimum absolute atomic E-state index is 0.106. The Morgan fingerprint density at radius 2 is 2.04 bits per heavy atom. The molecule has 1 aliphatic rings. The lowest BCUT2D eigenvalue weighted by Gasteiger charge is -2.16. The van der Waals surface area contributed by atoms with Crippen LogP contribution in [-0.2, 0) is 19.4 Å². The van der Waals surface area contributed by atoms with Crippen molar-refractivity contribution in [3.05, 3.63) is 71.2 Å². The molecule has 2 aromatic rings. The van der Waals surface area contributed by atoms with Crippen LogP contribution in [0.4, 0.5) is 4.39 Å². The molecule has 130 valence electrons. The highest BCUT2D eigenvalue weighted by Gasteiger charge is 2.20. The van der Waals surface area contributed by atoms with Gasteiger partial charge < -0.3 is 4.57 Å². The molecular weight excluding hydrogens is 313 g/mol. The highest BCUT2D eigenvalue weighted by molar-refractivity contribution is 5.99. The van der Waals surface area contributed by atoms with Gasteiger partial charge in [0.05, 0.1) is 6.33 Å². The van der Waals surface area contributed by atoms with Gasteiger partial charge in [0.1, 0.15) is 0 Å². The zero-order valence-electron chi connectivity index (χ0n) is 14.9. The minimum atomic E-state index is 0.106. The molecule has 2 nitrogen and oxygen atoms in total. The normalized spacial score (nSPS) is 15.4. The first kappa shape index (κ1) is 17.4. The van der Waals surface area contributed by atoms with Crippen LogP contribution in [0.1, 0.15) is 48.3 Å². The van der Waals surface area contributed by atoms with Gasteiger partial charge in [0, 0.05) is 28.7 Å². The van der Waals surface area contributed by atoms with Crippen molar-refractivity contribution in [2.75, 3.05) is 0 Å². The Balaban J connectivity index is 2.09. The molecular formula is C22H24FNO. The molecule has 3 rings (SSSR count). The molecule has 0 atom stereocenters. The largest absolute Gasteiger partial charge is 0.340 e. The van der Waals surface area contributed by atoms with Crippen LogP contribution in [0, 0.1) is 0 Å². The lowest BCUT2D eigenvalue weighted by molar-refractivity contribution is 0.101. The number of ketones is 1. The average molecular weight is 337 g/mol. The molecule has 0 saturated carbocycles. The van der Waals surface area contributed by atoms with Crippen molar-refractivity contribution in [1.82, 2.24) is 4.57 Å². The third kappa shape index (κ3) is 3.51. The van der Waals surface area contributed by atoms with E-state index in [9.17, 15) is 9.18 Å². The molecule has 1 aliphatic carbocycles. The van der Waals surface area contributed by atoms with E-state index < -0.39 is 0 Å². The number of nitrogens with zero attached hydrogens (tertiary/aromatic N) is 1. The van der Waals surface area contributed by atoms with Gasteiger partial charge in [0.25, 0.3) is 0 Å². The molecule has 1 aromatic carbocycles. The second-order valence-electron chi connectivity index (χ2n) is 6.55. The van der Waals surface area contributed by atoms with Crippen LogP contribution in [0.2, 0.25) is 0 Å². The first-order valence-corrected chi connectivity index (χ1v) is 8.89. The summed E-state index contributed by atoms with van der Waals surface area (Å²) in [5, 5.41) is 1.21. The molecule has 1 aromatic heterocycles. The summed E-state index contributed by atoms with van der Waals surface area (Å²) >= 11 is 0. The van der Waals surface area contributed by atoms with Crippen LogP contribution in [0.5, 0.6) is 0 Å². The highest BCUT2D eigenvalue weighted by Crippen LogP contribution is 2.33. The molecule has 0 radical (unpaired) electrons. The number of benzene rings is 1. The van der Waals surface area contributed by atoms with E-state index in [0.717, 1.165) is 30.5 Å². The van der Waals surface area contributed by atoms with Crippen LogP contribution in [-0.4, -0.2) is 10.4 Å². The van der Waals surface area contributed by atoms with Crippen molar-refractivity contribution in [1.29, 1.82) is 0 Å². The molecule has 0 spiro atoms. The van der Waals surface area contributed by atoms with Crippen molar-refractivity contribution in [3.63, 3.8) is 0 Å². The van der Waals surface area contributed by atoms with Gasteiger partial charge in [-0.3, -0.25) is 4.79 Å². The number of fused-ring (bicyclic) bond motifs is 3. The van der Waals surface area contributed by atoms with E-state index in [2.05, 4.69) is 22.8 Å². The van der Waals surface area contributed by atoms with Gasteiger partial charge in [0.15, 0.2) is 5.78 Å². The highest BCUT2D eigenvalue weighted by atomic mass is 19.1. The fourth-order valence-corrected chi connectivity index (χ4v) is 3.68. The standard InChI is InChI=1S/C22H24FNO/c1-3-17(8-6-7-13-23)15-24-21-10-5-4-9-19(21)20-14-18(16(2)25)11-12-22(20)24/h3,6-8,11-14H,4-5,9-10,15H2,1-2H3/b8-6-,13-7+,17-3+. The Morgan fingerprint density at radius 3 is 2.76 bits per heavy atom. The van der Waals surface area contributed by atoms with Crippen LogP contribution >= 0.6 is 0 Å². The Hall–Kier alpha value is -2.42. The van der Waals surface area contributed by atoms with E-state index in [-0.39, 0.29) is 5.78 Å². The summed E-state index contributed by atoms with van der Waals surface area (Å²) in [6.07, 6.45) is 12.2. The Bertz CT molecular complexity index is 883. The number of allylic oxidation sites excluding steroid dienone is 5. The smallest absolute Gasteiger partial charge is 0.159 e. The van der Waals surface area contributed by atoms with Gasteiger partial charge in [0.2, 0.25) is 0 Å². The first-order valence-electron chi connectivity index (χ1n) is 8.89. The average Bonchev–Trinajstić information content (AvgIpc) is 2.94. The van der Waals surface area contributed by atoms with E-state index in [0.29, 0.717) is 6.33 Å². The molecule has 25 heavy (non-hydrogen) atoms. The first-order chi connectivity index (χ1) is 12.2. The summed E-state index contributed by atoms with van der Waals surface area (Å²) in [5.41, 5.74) is 5.88. The summed E-state index contributed by atoms with van der Waals surface area (Å²) in [4.78, 5) is 11.8. The quantitative estimate of drug-likeness (QED) is 0.506. The zero-order valence-corrected chi connectivity index (χ0v) is 14.9. The van der Waals surface area contributed by atoms with Crippen molar-refractivity contribution in [2.24, 2.45) is 0 Å². The van der Waals surface area contributed by atoms with E-state index in [1.54, 1.807) is 13.0 Å². The topological polar surface area (TPSA) is 22.0 Å². The molecule has 0 saturated heterocycles. The second-order valence-corrected chi connectivity index (χ2v) is 6.55. The lowest BCUT2D eigenvalue weighted by Crippen LogP contribution is -2.09. The Labute approximate surface area is 148 Å². The van der Waals surface area contributed by atoms with Gasteiger partial charge in [-0.05, 0) is 74.9 Å². The number of hydrogen-bond donors (Lipinski definition) is 0. The summed E-state index contributed by atoms with van der Waals surface area (Å²) < 4.78 is 14.5. The Morgan fingerprint density at radius 1 is 1.24 bits per heavy atom. The molecule has 1 heterocycles. The van der Waals surface area contributed by atoms with Gasteiger partial charge in [-0.25, -0.2) is 4.39 Å². The number of carbonyl (C=O) groups excluding carboxylic acids is 1. The lowest BCUT2D eigenvalue weighted by atomic mass is 9.95. The zero-order chi connectivity index (χ0) is 17.8. The minimum Gasteiger partial charge on any atom is -0.340 e. The van der Waals surface area contributed by atoms with Crippen molar-refractivity contribution >= 4 is 16.7 Å². The summed E-state index contributed by atoms with van der Waals surface area (Å²) in [6.45, 7) is 4.38. The van der Waals surface area contributed by atoms with Gasteiger partial charge in [-0.1, -0.05) is 18.2 Å². The van der Waals surface area contributed by atoms with Gasteiger partial charge in [-0.2, -0.15) is 0 Å². The fraction of sp³-hybridized carbons (Fsp3) is 0.318. The number of Topliss-reactive ketones (excluding diaryl/α,β-unsaturated/α-hetero) is 1.